The molecule has 0 aliphatic heterocycles. The molecular weight excluding hydrogens is 224 g/mol. The van der Waals surface area contributed by atoms with E-state index in [0.717, 1.165) is 12.0 Å². The predicted octanol–water partition coefficient (Wildman–Crippen LogP) is 1.99. The van der Waals surface area contributed by atoms with Crippen LogP contribution in [0.3, 0.4) is 0 Å². The van der Waals surface area contributed by atoms with Gasteiger partial charge in [-0.25, -0.2) is 4.79 Å². The Morgan fingerprint density at radius 3 is 2.88 bits per heavy atom. The Morgan fingerprint density at radius 1 is 1.53 bits per heavy atom. The van der Waals surface area contributed by atoms with Gasteiger partial charge in [-0.15, -0.1) is 0 Å². The van der Waals surface area contributed by atoms with Gasteiger partial charge in [-0.2, -0.15) is 4.98 Å². The Morgan fingerprint density at radius 2 is 2.35 bits per heavy atom. The van der Waals surface area contributed by atoms with Crippen molar-refractivity contribution in [3.05, 3.63) is 36.1 Å². The van der Waals surface area contributed by atoms with Crippen molar-refractivity contribution < 1.29 is 18.7 Å². The highest BCUT2D eigenvalue weighted by Gasteiger charge is 2.16. The highest BCUT2D eigenvalue weighted by molar-refractivity contribution is 5.85. The van der Waals surface area contributed by atoms with Crippen molar-refractivity contribution in [2.75, 3.05) is 11.4 Å². The van der Waals surface area contributed by atoms with Crippen LogP contribution in [0.4, 0.5) is 6.01 Å². The zero-order valence-corrected chi connectivity index (χ0v) is 9.29. The van der Waals surface area contributed by atoms with Crippen LogP contribution < -0.4 is 4.90 Å². The first-order chi connectivity index (χ1) is 8.20. The standard InChI is InChI=1S/C11H12N2O4/c1-2-13(6-8-4-3-5-16-8)11-12-9(7-17-11)10(14)15/h3-5,7H,2,6H2,1H3,(H,14,15). The molecule has 0 saturated heterocycles. The van der Waals surface area contributed by atoms with Crippen LogP contribution in [0.1, 0.15) is 23.2 Å². The lowest BCUT2D eigenvalue weighted by molar-refractivity contribution is 0.0690. The maximum atomic E-state index is 10.7. The SMILES string of the molecule is CCN(Cc1ccco1)c1nc(C(=O)O)co1. The molecule has 2 aromatic heterocycles. The summed E-state index contributed by atoms with van der Waals surface area (Å²) in [5.41, 5.74) is -0.0992. The van der Waals surface area contributed by atoms with E-state index < -0.39 is 5.97 Å². The molecule has 2 aromatic rings. The number of hydrogen-bond acceptors (Lipinski definition) is 5. The maximum absolute atomic E-state index is 10.7. The van der Waals surface area contributed by atoms with Crippen LogP contribution in [0.2, 0.25) is 0 Å². The summed E-state index contributed by atoms with van der Waals surface area (Å²) < 4.78 is 10.3. The van der Waals surface area contributed by atoms with Gasteiger partial charge in [-0.05, 0) is 19.1 Å². The Bertz CT molecular complexity index is 489. The molecule has 0 spiro atoms. The van der Waals surface area contributed by atoms with Crippen molar-refractivity contribution in [2.24, 2.45) is 0 Å². The molecular formula is C11H12N2O4. The number of nitrogens with zero attached hydrogens (tertiary/aromatic N) is 2. The Hall–Kier alpha value is -2.24. The molecule has 0 unspecified atom stereocenters. The fraction of sp³-hybridized carbons (Fsp3) is 0.273. The lowest BCUT2D eigenvalue weighted by atomic mass is 10.4. The summed E-state index contributed by atoms with van der Waals surface area (Å²) in [6.07, 6.45) is 2.71. The predicted molar refractivity (Wildman–Crippen MR) is 58.9 cm³/mol. The number of anilines is 1. The molecule has 0 atom stereocenters. The van der Waals surface area contributed by atoms with Gasteiger partial charge in [-0.1, -0.05) is 0 Å². The Labute approximate surface area is 97.5 Å². The monoisotopic (exact) mass is 236 g/mol. The number of carbonyl (C=O) groups is 1. The number of oxazole rings is 1. The van der Waals surface area contributed by atoms with Gasteiger partial charge in [0.15, 0.2) is 5.69 Å². The molecule has 1 N–H and O–H groups in total. The van der Waals surface area contributed by atoms with Gasteiger partial charge in [0, 0.05) is 6.54 Å². The number of hydrogen-bond donors (Lipinski definition) is 1. The molecule has 17 heavy (non-hydrogen) atoms. The van der Waals surface area contributed by atoms with Crippen molar-refractivity contribution in [1.82, 2.24) is 4.98 Å². The molecule has 6 heteroatoms. The van der Waals surface area contributed by atoms with Gasteiger partial charge in [-0.3, -0.25) is 0 Å². The summed E-state index contributed by atoms with van der Waals surface area (Å²) in [5.74, 6) is -0.337. The molecule has 2 heterocycles. The van der Waals surface area contributed by atoms with Gasteiger partial charge < -0.3 is 18.8 Å². The molecule has 0 fully saturated rings. The molecule has 0 radical (unpaired) electrons. The molecule has 0 amide bonds. The van der Waals surface area contributed by atoms with Crippen LogP contribution in [0.15, 0.2) is 33.5 Å². The van der Waals surface area contributed by atoms with Crippen LogP contribution >= 0.6 is 0 Å². The van der Waals surface area contributed by atoms with E-state index in [-0.39, 0.29) is 11.7 Å². The van der Waals surface area contributed by atoms with E-state index in [4.69, 9.17) is 13.9 Å². The summed E-state index contributed by atoms with van der Waals surface area (Å²) in [6.45, 7) is 3.05. The largest absolute Gasteiger partial charge is 0.476 e. The van der Waals surface area contributed by atoms with Crippen molar-refractivity contribution in [3.8, 4) is 0 Å². The number of carboxylic acid groups (broad SMARTS) is 1. The van der Waals surface area contributed by atoms with E-state index in [2.05, 4.69) is 4.98 Å². The minimum Gasteiger partial charge on any atom is -0.476 e. The van der Waals surface area contributed by atoms with Crippen LogP contribution in [0.25, 0.3) is 0 Å². The highest BCUT2D eigenvalue weighted by atomic mass is 16.4. The third-order valence-corrected chi connectivity index (χ3v) is 2.29. The van der Waals surface area contributed by atoms with Gasteiger partial charge in [0.25, 0.3) is 6.01 Å². The average Bonchev–Trinajstić information content (AvgIpc) is 2.96. The molecule has 90 valence electrons. The zero-order valence-electron chi connectivity index (χ0n) is 9.29. The van der Waals surface area contributed by atoms with Crippen molar-refractivity contribution in [3.63, 3.8) is 0 Å². The quantitative estimate of drug-likeness (QED) is 0.855. The van der Waals surface area contributed by atoms with Crippen LogP contribution in [0, 0.1) is 0 Å². The second-order valence-electron chi connectivity index (χ2n) is 3.41. The number of rotatable bonds is 5. The molecule has 6 nitrogen and oxygen atoms in total. The highest BCUT2D eigenvalue weighted by Crippen LogP contribution is 2.16. The van der Waals surface area contributed by atoms with Gasteiger partial charge in [0.05, 0.1) is 12.8 Å². The third-order valence-electron chi connectivity index (χ3n) is 2.29. The maximum Gasteiger partial charge on any atom is 0.357 e. The number of carboxylic acids is 1. The zero-order chi connectivity index (χ0) is 12.3. The smallest absolute Gasteiger partial charge is 0.357 e. The Kier molecular flexibility index (Phi) is 3.13. The first-order valence-electron chi connectivity index (χ1n) is 5.17. The van der Waals surface area contributed by atoms with Crippen molar-refractivity contribution in [2.45, 2.75) is 13.5 Å². The van der Waals surface area contributed by atoms with Crippen molar-refractivity contribution in [1.29, 1.82) is 0 Å². The van der Waals surface area contributed by atoms with E-state index in [1.54, 1.807) is 17.2 Å². The number of furan rings is 1. The fourth-order valence-electron chi connectivity index (χ4n) is 1.41. The summed E-state index contributed by atoms with van der Waals surface area (Å²) in [7, 11) is 0. The number of aromatic carboxylic acids is 1. The lowest BCUT2D eigenvalue weighted by Crippen LogP contribution is -2.22. The summed E-state index contributed by atoms with van der Waals surface area (Å²) in [4.78, 5) is 16.3. The minimum atomic E-state index is -1.10. The molecule has 0 bridgehead atoms. The van der Waals surface area contributed by atoms with E-state index in [1.807, 2.05) is 13.0 Å². The second-order valence-corrected chi connectivity index (χ2v) is 3.41. The minimum absolute atomic E-state index is 0.0992. The average molecular weight is 236 g/mol. The fourth-order valence-corrected chi connectivity index (χ4v) is 1.41. The van der Waals surface area contributed by atoms with Gasteiger partial charge >= 0.3 is 5.97 Å². The summed E-state index contributed by atoms with van der Waals surface area (Å²) in [5, 5.41) is 8.75. The van der Waals surface area contributed by atoms with E-state index in [1.165, 1.54) is 0 Å². The van der Waals surface area contributed by atoms with Crippen LogP contribution in [-0.2, 0) is 6.54 Å². The summed E-state index contributed by atoms with van der Waals surface area (Å²) >= 11 is 0. The molecule has 0 aliphatic rings. The van der Waals surface area contributed by atoms with Gasteiger partial charge in [0.1, 0.15) is 12.0 Å². The molecule has 2 rings (SSSR count). The van der Waals surface area contributed by atoms with E-state index >= 15 is 0 Å². The molecule has 0 aromatic carbocycles. The molecule has 0 saturated carbocycles. The summed E-state index contributed by atoms with van der Waals surface area (Å²) in [6, 6.07) is 3.91. The normalized spacial score (nSPS) is 10.4. The first kappa shape index (κ1) is 11.3. The van der Waals surface area contributed by atoms with E-state index in [0.29, 0.717) is 13.1 Å². The Balaban J connectivity index is 2.14. The van der Waals surface area contributed by atoms with Crippen molar-refractivity contribution >= 4 is 12.0 Å². The topological polar surface area (TPSA) is 79.7 Å². The molecule has 0 aliphatic carbocycles. The van der Waals surface area contributed by atoms with Crippen LogP contribution in [0.5, 0.6) is 0 Å². The second kappa shape index (κ2) is 4.73. The number of aromatic nitrogens is 1. The third kappa shape index (κ3) is 2.47. The van der Waals surface area contributed by atoms with Gasteiger partial charge in [0.2, 0.25) is 0 Å². The van der Waals surface area contributed by atoms with Crippen LogP contribution in [-0.4, -0.2) is 22.6 Å². The lowest BCUT2D eigenvalue weighted by Gasteiger charge is -2.16. The first-order valence-corrected chi connectivity index (χ1v) is 5.17. The van der Waals surface area contributed by atoms with E-state index in [9.17, 15) is 4.79 Å².